The lowest BCUT2D eigenvalue weighted by Crippen LogP contribution is -2.19. The van der Waals surface area contributed by atoms with Gasteiger partial charge in [-0.3, -0.25) is 4.99 Å². The number of aromatic amines is 1. The van der Waals surface area contributed by atoms with Crippen LogP contribution < -0.4 is 5.32 Å². The third-order valence-electron chi connectivity index (χ3n) is 4.28. The summed E-state index contributed by atoms with van der Waals surface area (Å²) in [6.07, 6.45) is 0. The van der Waals surface area contributed by atoms with Crippen molar-refractivity contribution >= 4 is 16.7 Å². The first-order chi connectivity index (χ1) is 10.7. The normalized spacial score (nSPS) is 14.2. The van der Waals surface area contributed by atoms with E-state index in [2.05, 4.69) is 71.6 Å². The van der Waals surface area contributed by atoms with Crippen LogP contribution in [0.5, 0.6) is 0 Å². The fourth-order valence-corrected chi connectivity index (χ4v) is 3.12. The molecule has 0 fully saturated rings. The van der Waals surface area contributed by atoms with E-state index >= 15 is 0 Å². The zero-order chi connectivity index (χ0) is 15.1. The van der Waals surface area contributed by atoms with Gasteiger partial charge in [0.15, 0.2) is 0 Å². The highest BCUT2D eigenvalue weighted by Gasteiger charge is 2.17. The molecule has 2 N–H and O–H groups in total. The minimum absolute atomic E-state index is 0.860. The number of amidine groups is 1. The number of H-pyrrole nitrogens is 1. The van der Waals surface area contributed by atoms with Crippen molar-refractivity contribution in [3.63, 3.8) is 0 Å². The molecule has 0 unspecified atom stereocenters. The number of aliphatic imine (C=N–C) groups is 1. The summed E-state index contributed by atoms with van der Waals surface area (Å²) in [4.78, 5) is 8.06. The van der Waals surface area contributed by atoms with E-state index in [1.54, 1.807) is 0 Å². The molecule has 1 aromatic heterocycles. The lowest BCUT2D eigenvalue weighted by Gasteiger charge is -2.05. The summed E-state index contributed by atoms with van der Waals surface area (Å²) in [6, 6.07) is 15.3. The molecule has 0 bridgehead atoms. The largest absolute Gasteiger partial charge is 0.368 e. The second-order valence-corrected chi connectivity index (χ2v) is 5.91. The van der Waals surface area contributed by atoms with E-state index in [0.717, 1.165) is 18.9 Å². The molecule has 110 valence electrons. The fourth-order valence-electron chi connectivity index (χ4n) is 3.12. The van der Waals surface area contributed by atoms with Crippen molar-refractivity contribution in [3.05, 3.63) is 59.3 Å². The minimum Gasteiger partial charge on any atom is -0.368 e. The average molecular weight is 289 g/mol. The van der Waals surface area contributed by atoms with Crippen molar-refractivity contribution < 1.29 is 0 Å². The van der Waals surface area contributed by atoms with Crippen LogP contribution in [0.15, 0.2) is 47.5 Å². The highest BCUT2D eigenvalue weighted by atomic mass is 15.1. The number of nitrogens with one attached hydrogen (secondary N) is 2. The molecule has 2 aromatic carbocycles. The summed E-state index contributed by atoms with van der Waals surface area (Å²) in [7, 11) is 0. The zero-order valence-electron chi connectivity index (χ0n) is 12.9. The molecule has 1 aliphatic rings. The molecule has 2 heterocycles. The quantitative estimate of drug-likeness (QED) is 0.740. The Morgan fingerprint density at radius 2 is 1.73 bits per heavy atom. The molecule has 0 aliphatic carbocycles. The number of nitrogens with zero attached hydrogens (tertiary/aromatic N) is 1. The maximum Gasteiger partial charge on any atom is 0.130 e. The number of aryl methyl sites for hydroxylation is 2. The van der Waals surface area contributed by atoms with Crippen LogP contribution in [-0.4, -0.2) is 23.9 Å². The third-order valence-corrected chi connectivity index (χ3v) is 4.28. The predicted octanol–water partition coefficient (Wildman–Crippen LogP) is 3.80. The Labute approximate surface area is 130 Å². The Morgan fingerprint density at radius 1 is 0.955 bits per heavy atom. The lowest BCUT2D eigenvalue weighted by atomic mass is 10.0. The molecular weight excluding hydrogens is 270 g/mol. The molecule has 22 heavy (non-hydrogen) atoms. The van der Waals surface area contributed by atoms with Gasteiger partial charge < -0.3 is 10.3 Å². The standard InChI is InChI=1S/C19H19N3/c1-12-3-5-14(6-4-12)15-7-8-17-16(11-15)18(13(2)22-17)19-20-9-10-21-19/h3-8,11,22H,9-10H2,1-2H3,(H,20,21). The van der Waals surface area contributed by atoms with Crippen LogP contribution >= 0.6 is 0 Å². The van der Waals surface area contributed by atoms with Crippen LogP contribution in [0.3, 0.4) is 0 Å². The summed E-state index contributed by atoms with van der Waals surface area (Å²) in [5, 5.41) is 4.63. The summed E-state index contributed by atoms with van der Waals surface area (Å²) in [5.74, 6) is 1.02. The molecule has 1 aliphatic heterocycles. The molecule has 0 saturated carbocycles. The SMILES string of the molecule is Cc1ccc(-c2ccc3[nH]c(C)c(C4=NCCN4)c3c2)cc1. The topological polar surface area (TPSA) is 40.2 Å². The van der Waals surface area contributed by atoms with Crippen molar-refractivity contribution in [2.75, 3.05) is 13.1 Å². The van der Waals surface area contributed by atoms with Gasteiger partial charge in [-0.15, -0.1) is 0 Å². The summed E-state index contributed by atoms with van der Waals surface area (Å²) in [5.41, 5.74) is 7.32. The average Bonchev–Trinajstić information content (AvgIpc) is 3.13. The van der Waals surface area contributed by atoms with Crippen LogP contribution in [0.4, 0.5) is 0 Å². The molecular formula is C19H19N3. The molecule has 3 heteroatoms. The predicted molar refractivity (Wildman–Crippen MR) is 92.6 cm³/mol. The van der Waals surface area contributed by atoms with Gasteiger partial charge in [0.25, 0.3) is 0 Å². The van der Waals surface area contributed by atoms with E-state index in [1.165, 1.54) is 38.9 Å². The molecule has 0 amide bonds. The first-order valence-corrected chi connectivity index (χ1v) is 7.70. The highest BCUT2D eigenvalue weighted by molar-refractivity contribution is 6.12. The number of hydrogen-bond donors (Lipinski definition) is 2. The van der Waals surface area contributed by atoms with Crippen molar-refractivity contribution in [2.24, 2.45) is 4.99 Å². The summed E-state index contributed by atoms with van der Waals surface area (Å²) < 4.78 is 0. The van der Waals surface area contributed by atoms with E-state index in [9.17, 15) is 0 Å². The van der Waals surface area contributed by atoms with E-state index in [-0.39, 0.29) is 0 Å². The van der Waals surface area contributed by atoms with Crippen molar-refractivity contribution in [2.45, 2.75) is 13.8 Å². The van der Waals surface area contributed by atoms with Crippen molar-refractivity contribution in [1.82, 2.24) is 10.3 Å². The Bertz CT molecular complexity index is 870. The number of benzene rings is 2. The summed E-state index contributed by atoms with van der Waals surface area (Å²) >= 11 is 0. The monoisotopic (exact) mass is 289 g/mol. The van der Waals surface area contributed by atoms with Gasteiger partial charge in [-0.2, -0.15) is 0 Å². The van der Waals surface area contributed by atoms with Crippen molar-refractivity contribution in [3.8, 4) is 11.1 Å². The van der Waals surface area contributed by atoms with Gasteiger partial charge in [-0.05, 0) is 37.1 Å². The van der Waals surface area contributed by atoms with E-state index in [0.29, 0.717) is 0 Å². The van der Waals surface area contributed by atoms with Crippen LogP contribution in [0.25, 0.3) is 22.0 Å². The smallest absolute Gasteiger partial charge is 0.130 e. The number of rotatable bonds is 2. The van der Waals surface area contributed by atoms with E-state index < -0.39 is 0 Å². The second-order valence-electron chi connectivity index (χ2n) is 5.91. The second kappa shape index (κ2) is 5.02. The number of aromatic nitrogens is 1. The lowest BCUT2D eigenvalue weighted by molar-refractivity contribution is 0.960. The molecule has 3 aromatic rings. The zero-order valence-corrected chi connectivity index (χ0v) is 12.9. The minimum atomic E-state index is 0.860. The van der Waals surface area contributed by atoms with E-state index in [4.69, 9.17) is 0 Å². The molecule has 4 rings (SSSR count). The molecule has 0 spiro atoms. The Morgan fingerprint density at radius 3 is 2.45 bits per heavy atom. The highest BCUT2D eigenvalue weighted by Crippen LogP contribution is 2.29. The van der Waals surface area contributed by atoms with Gasteiger partial charge in [0.05, 0.1) is 6.54 Å². The van der Waals surface area contributed by atoms with Gasteiger partial charge >= 0.3 is 0 Å². The van der Waals surface area contributed by atoms with Gasteiger partial charge in [0.2, 0.25) is 0 Å². The fraction of sp³-hybridized carbons (Fsp3) is 0.211. The van der Waals surface area contributed by atoms with E-state index in [1.807, 2.05) is 0 Å². The van der Waals surface area contributed by atoms with Gasteiger partial charge in [0, 0.05) is 28.7 Å². The van der Waals surface area contributed by atoms with Crippen LogP contribution in [0.1, 0.15) is 16.8 Å². The first kappa shape index (κ1) is 13.1. The number of fused-ring (bicyclic) bond motifs is 1. The third kappa shape index (κ3) is 2.10. The molecule has 0 radical (unpaired) electrons. The molecule has 0 atom stereocenters. The Kier molecular flexibility index (Phi) is 3.00. The molecule has 3 nitrogen and oxygen atoms in total. The summed E-state index contributed by atoms with van der Waals surface area (Å²) in [6.45, 7) is 6.02. The Balaban J connectivity index is 1.89. The van der Waals surface area contributed by atoms with Crippen LogP contribution in [0, 0.1) is 13.8 Å². The first-order valence-electron chi connectivity index (χ1n) is 7.70. The van der Waals surface area contributed by atoms with Gasteiger partial charge in [0.1, 0.15) is 5.84 Å². The maximum atomic E-state index is 4.59. The van der Waals surface area contributed by atoms with Gasteiger partial charge in [-0.25, -0.2) is 0 Å². The van der Waals surface area contributed by atoms with Gasteiger partial charge in [-0.1, -0.05) is 35.9 Å². The van der Waals surface area contributed by atoms with Crippen molar-refractivity contribution in [1.29, 1.82) is 0 Å². The molecule has 0 saturated heterocycles. The van der Waals surface area contributed by atoms with Crippen LogP contribution in [-0.2, 0) is 0 Å². The Hall–Kier alpha value is -2.55. The number of hydrogen-bond acceptors (Lipinski definition) is 2. The van der Waals surface area contributed by atoms with Crippen LogP contribution in [0.2, 0.25) is 0 Å². The maximum absolute atomic E-state index is 4.59.